The second kappa shape index (κ2) is 11.7. The summed E-state index contributed by atoms with van der Waals surface area (Å²) in [5.41, 5.74) is 0.708. The van der Waals surface area contributed by atoms with Crippen LogP contribution in [0, 0.1) is 0 Å². The van der Waals surface area contributed by atoms with Crippen LogP contribution in [0.4, 0.5) is 0 Å². The fraction of sp³-hybridized carbons (Fsp3) is 0.125. The summed E-state index contributed by atoms with van der Waals surface area (Å²) in [4.78, 5) is 32.1. The Morgan fingerprint density at radius 2 is 1.48 bits per heavy atom. The number of halogens is 1. The van der Waals surface area contributed by atoms with Crippen molar-refractivity contribution in [1.29, 1.82) is 0 Å². The van der Waals surface area contributed by atoms with Gasteiger partial charge in [-0.05, 0) is 60.7 Å². The number of hydrogen-bond acceptors (Lipinski definition) is 6. The first-order valence-corrected chi connectivity index (χ1v) is 11.7. The largest absolute Gasteiger partial charge is 0.331 e. The maximum absolute atomic E-state index is 13.0. The molecule has 0 spiro atoms. The molecule has 0 amide bonds. The number of oxime groups is 1. The number of Topliss-reactive ketones (excluding diaryl/α,β-unsaturated/α-hetero) is 1. The molecule has 3 aromatic rings. The normalized spacial score (nSPS) is 11.2. The number of carbonyl (C=O) groups is 2. The van der Waals surface area contributed by atoms with Crippen LogP contribution in [0.2, 0.25) is 5.02 Å². The van der Waals surface area contributed by atoms with Crippen molar-refractivity contribution >= 4 is 52.6 Å². The molecule has 4 nitrogen and oxygen atoms in total. The van der Waals surface area contributed by atoms with Crippen molar-refractivity contribution in [2.75, 3.05) is 5.75 Å². The molecule has 0 saturated heterocycles. The van der Waals surface area contributed by atoms with Crippen LogP contribution in [-0.4, -0.2) is 23.2 Å². The fourth-order valence-corrected chi connectivity index (χ4v) is 4.41. The molecule has 0 unspecified atom stereocenters. The van der Waals surface area contributed by atoms with Crippen molar-refractivity contribution in [3.8, 4) is 0 Å². The standard InChI is InChI=1S/C24H20ClNO3S2/c1-17(27)29-26-23(15-16-30-20-13-9-19(25)10-14-20)24(28)18-7-11-22(12-8-18)31-21-5-3-2-4-6-21/h2-14H,15-16H2,1H3. The van der Waals surface area contributed by atoms with E-state index in [9.17, 15) is 9.59 Å². The van der Waals surface area contributed by atoms with Crippen LogP contribution in [0.5, 0.6) is 0 Å². The SMILES string of the molecule is CC(=O)ON=C(CCSc1ccc(Cl)cc1)C(=O)c1ccc(Sc2ccccc2)cc1. The van der Waals surface area contributed by atoms with Crippen molar-refractivity contribution in [2.24, 2.45) is 5.16 Å². The molecule has 31 heavy (non-hydrogen) atoms. The van der Waals surface area contributed by atoms with Crippen molar-refractivity contribution in [1.82, 2.24) is 0 Å². The third kappa shape index (κ3) is 7.58. The van der Waals surface area contributed by atoms with E-state index in [0.29, 0.717) is 22.8 Å². The molecular weight excluding hydrogens is 450 g/mol. The smallest absolute Gasteiger partial charge is 0.318 e. The highest BCUT2D eigenvalue weighted by molar-refractivity contribution is 7.99. The van der Waals surface area contributed by atoms with E-state index in [-0.39, 0.29) is 11.5 Å². The summed E-state index contributed by atoms with van der Waals surface area (Å²) in [6.45, 7) is 1.25. The number of rotatable bonds is 9. The number of hydrogen-bond donors (Lipinski definition) is 0. The van der Waals surface area contributed by atoms with Crippen LogP contribution >= 0.6 is 35.1 Å². The highest BCUT2D eigenvalue weighted by Gasteiger charge is 2.16. The Morgan fingerprint density at radius 3 is 2.13 bits per heavy atom. The highest BCUT2D eigenvalue weighted by Crippen LogP contribution is 2.27. The molecule has 0 aliphatic carbocycles. The first-order valence-electron chi connectivity index (χ1n) is 9.52. The minimum atomic E-state index is -0.565. The van der Waals surface area contributed by atoms with E-state index in [1.54, 1.807) is 35.7 Å². The minimum Gasteiger partial charge on any atom is -0.318 e. The summed E-state index contributed by atoms with van der Waals surface area (Å²) in [6.07, 6.45) is 0.361. The Morgan fingerprint density at radius 1 is 0.871 bits per heavy atom. The predicted molar refractivity (Wildman–Crippen MR) is 127 cm³/mol. The maximum atomic E-state index is 13.0. The van der Waals surface area contributed by atoms with Gasteiger partial charge in [-0.25, -0.2) is 4.79 Å². The van der Waals surface area contributed by atoms with Gasteiger partial charge in [0.1, 0.15) is 5.71 Å². The van der Waals surface area contributed by atoms with Gasteiger partial charge < -0.3 is 4.84 Å². The zero-order valence-corrected chi connectivity index (χ0v) is 19.2. The quantitative estimate of drug-likeness (QED) is 0.114. The van der Waals surface area contributed by atoms with E-state index in [4.69, 9.17) is 16.4 Å². The average molecular weight is 470 g/mol. The highest BCUT2D eigenvalue weighted by atomic mass is 35.5. The summed E-state index contributed by atoms with van der Waals surface area (Å²) < 4.78 is 0. The van der Waals surface area contributed by atoms with Gasteiger partial charge in [-0.1, -0.05) is 46.7 Å². The third-order valence-electron chi connectivity index (χ3n) is 4.06. The van der Waals surface area contributed by atoms with Gasteiger partial charge in [-0.3, -0.25) is 4.79 Å². The summed E-state index contributed by atoms with van der Waals surface area (Å²) in [6, 6.07) is 24.8. The summed E-state index contributed by atoms with van der Waals surface area (Å²) in [5, 5.41) is 4.48. The fourth-order valence-electron chi connectivity index (χ4n) is 2.58. The van der Waals surface area contributed by atoms with E-state index >= 15 is 0 Å². The van der Waals surface area contributed by atoms with Gasteiger partial charge in [-0.15, -0.1) is 11.8 Å². The second-order valence-electron chi connectivity index (χ2n) is 6.44. The lowest BCUT2D eigenvalue weighted by atomic mass is 10.1. The Labute approximate surface area is 195 Å². The van der Waals surface area contributed by atoms with Gasteiger partial charge in [0.2, 0.25) is 5.78 Å². The average Bonchev–Trinajstić information content (AvgIpc) is 2.78. The maximum Gasteiger partial charge on any atom is 0.331 e. The Bertz CT molecular complexity index is 1050. The lowest BCUT2D eigenvalue weighted by molar-refractivity contribution is -0.140. The Kier molecular flexibility index (Phi) is 8.76. The molecule has 0 N–H and O–H groups in total. The van der Waals surface area contributed by atoms with Gasteiger partial charge in [0.15, 0.2) is 0 Å². The molecule has 0 atom stereocenters. The number of nitrogens with zero attached hydrogens (tertiary/aromatic N) is 1. The Balaban J connectivity index is 1.66. The van der Waals surface area contributed by atoms with Crippen LogP contribution in [-0.2, 0) is 9.63 Å². The lowest BCUT2D eigenvalue weighted by Crippen LogP contribution is -2.16. The van der Waals surface area contributed by atoms with Gasteiger partial charge in [0.25, 0.3) is 0 Å². The van der Waals surface area contributed by atoms with Crippen molar-refractivity contribution < 1.29 is 14.4 Å². The van der Waals surface area contributed by atoms with E-state index in [1.165, 1.54) is 6.92 Å². The van der Waals surface area contributed by atoms with Crippen LogP contribution in [0.15, 0.2) is 98.7 Å². The second-order valence-corrected chi connectivity index (χ2v) is 9.19. The summed E-state index contributed by atoms with van der Waals surface area (Å²) in [7, 11) is 0. The third-order valence-corrected chi connectivity index (χ3v) is 6.34. The minimum absolute atomic E-state index is 0.208. The summed E-state index contributed by atoms with van der Waals surface area (Å²) >= 11 is 9.10. The molecule has 0 saturated carbocycles. The Hall–Kier alpha value is -2.54. The van der Waals surface area contributed by atoms with Crippen LogP contribution in [0.1, 0.15) is 23.7 Å². The van der Waals surface area contributed by atoms with Gasteiger partial charge in [0, 0.05) is 44.4 Å². The van der Waals surface area contributed by atoms with E-state index in [1.807, 2.05) is 66.7 Å². The van der Waals surface area contributed by atoms with Crippen molar-refractivity contribution in [3.63, 3.8) is 0 Å². The zero-order chi connectivity index (χ0) is 22.1. The molecular formula is C24H20ClNO3S2. The zero-order valence-electron chi connectivity index (χ0n) is 16.8. The van der Waals surface area contributed by atoms with Gasteiger partial charge >= 0.3 is 5.97 Å². The molecule has 0 aliphatic heterocycles. The first-order chi connectivity index (χ1) is 15.0. The van der Waals surface area contributed by atoms with Crippen LogP contribution in [0.3, 0.4) is 0 Å². The molecule has 0 fully saturated rings. The molecule has 0 bridgehead atoms. The number of thioether (sulfide) groups is 1. The molecule has 0 radical (unpaired) electrons. The monoisotopic (exact) mass is 469 g/mol. The van der Waals surface area contributed by atoms with Gasteiger partial charge in [-0.2, -0.15) is 0 Å². The first kappa shape index (κ1) is 23.1. The molecule has 3 rings (SSSR count). The van der Waals surface area contributed by atoms with Crippen LogP contribution < -0.4 is 0 Å². The number of benzene rings is 3. The molecule has 7 heteroatoms. The van der Waals surface area contributed by atoms with Gasteiger partial charge in [0.05, 0.1) is 0 Å². The summed E-state index contributed by atoms with van der Waals surface area (Å²) in [5.74, 6) is -0.213. The molecule has 0 aromatic heterocycles. The molecule has 3 aromatic carbocycles. The van der Waals surface area contributed by atoms with E-state index in [0.717, 1.165) is 14.7 Å². The number of ketones is 1. The van der Waals surface area contributed by atoms with Crippen molar-refractivity contribution in [2.45, 2.75) is 28.0 Å². The molecule has 158 valence electrons. The van der Waals surface area contributed by atoms with E-state index in [2.05, 4.69) is 5.16 Å². The van der Waals surface area contributed by atoms with Crippen molar-refractivity contribution in [3.05, 3.63) is 89.4 Å². The molecule has 0 heterocycles. The van der Waals surface area contributed by atoms with Crippen LogP contribution in [0.25, 0.3) is 0 Å². The molecule has 0 aliphatic rings. The predicted octanol–water partition coefficient (Wildman–Crippen LogP) is 6.78. The topological polar surface area (TPSA) is 55.7 Å². The van der Waals surface area contributed by atoms with E-state index < -0.39 is 5.97 Å². The number of carbonyl (C=O) groups excluding carboxylic acids is 2. The lowest BCUT2D eigenvalue weighted by Gasteiger charge is -2.07.